The molecule has 0 saturated carbocycles. The third-order valence-corrected chi connectivity index (χ3v) is 4.15. The Morgan fingerprint density at radius 1 is 1.52 bits per heavy atom. The summed E-state index contributed by atoms with van der Waals surface area (Å²) < 4.78 is 15.6. The molecule has 1 aromatic rings. The molecule has 126 valence electrons. The number of hydrogen-bond donors (Lipinski definition) is 0. The fraction of sp³-hybridized carbons (Fsp3) is 0.571. The number of thioether (sulfide) groups is 1. The van der Waals surface area contributed by atoms with Crippen LogP contribution in [0.3, 0.4) is 0 Å². The minimum absolute atomic E-state index is 0.0595. The van der Waals surface area contributed by atoms with E-state index in [0.29, 0.717) is 36.0 Å². The van der Waals surface area contributed by atoms with E-state index in [4.69, 9.17) is 14.2 Å². The van der Waals surface area contributed by atoms with Crippen molar-refractivity contribution in [2.45, 2.75) is 17.3 Å². The van der Waals surface area contributed by atoms with E-state index in [1.165, 1.54) is 25.1 Å². The number of methoxy groups -OCH3 is 2. The third kappa shape index (κ3) is 3.98. The zero-order valence-corrected chi connectivity index (χ0v) is 14.0. The van der Waals surface area contributed by atoms with Crippen molar-refractivity contribution in [3.05, 3.63) is 11.8 Å². The quantitative estimate of drug-likeness (QED) is 0.302. The molecule has 23 heavy (non-hydrogen) atoms. The molecule has 1 aliphatic heterocycles. The highest BCUT2D eigenvalue weighted by Gasteiger charge is 2.36. The summed E-state index contributed by atoms with van der Waals surface area (Å²) in [6.07, 6.45) is 3.72. The predicted molar refractivity (Wildman–Crippen MR) is 84.0 cm³/mol. The van der Waals surface area contributed by atoms with Crippen molar-refractivity contribution in [1.29, 1.82) is 0 Å². The highest BCUT2D eigenvalue weighted by atomic mass is 32.2. The second-order valence-electron chi connectivity index (χ2n) is 4.84. The topological polar surface area (TPSA) is 90.9 Å². The highest BCUT2D eigenvalue weighted by Crippen LogP contribution is 2.26. The number of aldehydes is 1. The van der Waals surface area contributed by atoms with Crippen molar-refractivity contribution in [3.63, 3.8) is 0 Å². The summed E-state index contributed by atoms with van der Waals surface area (Å²) in [5, 5.41) is 0.508. The average Bonchev–Trinajstić information content (AvgIpc) is 3.07. The number of hydrogen-bond acceptors (Lipinski definition) is 9. The van der Waals surface area contributed by atoms with Gasteiger partial charge in [-0.15, -0.1) is 0 Å². The van der Waals surface area contributed by atoms with Gasteiger partial charge >= 0.3 is 5.97 Å². The number of carbonyl (C=O) groups excluding carboxylic acids is 2. The summed E-state index contributed by atoms with van der Waals surface area (Å²) in [6, 6.07) is -0.248. The Labute approximate surface area is 138 Å². The van der Waals surface area contributed by atoms with Gasteiger partial charge in [-0.1, -0.05) is 11.8 Å². The van der Waals surface area contributed by atoms with Crippen LogP contribution in [-0.4, -0.2) is 74.6 Å². The molecular formula is C14H19N3O5S. The van der Waals surface area contributed by atoms with Crippen molar-refractivity contribution in [2.24, 2.45) is 0 Å². The zero-order valence-electron chi connectivity index (χ0n) is 13.2. The molecule has 0 N–H and O–H groups in total. The van der Waals surface area contributed by atoms with Crippen LogP contribution in [0.2, 0.25) is 0 Å². The molecule has 0 spiro atoms. The van der Waals surface area contributed by atoms with Gasteiger partial charge in [-0.3, -0.25) is 9.59 Å². The predicted octanol–water partition coefficient (Wildman–Crippen LogP) is 0.404. The van der Waals surface area contributed by atoms with Crippen LogP contribution in [-0.2, 0) is 19.0 Å². The number of ether oxygens (including phenoxy) is 3. The molecule has 0 bridgehead atoms. The van der Waals surface area contributed by atoms with Gasteiger partial charge in [0.25, 0.3) is 0 Å². The Morgan fingerprint density at radius 3 is 2.91 bits per heavy atom. The summed E-state index contributed by atoms with van der Waals surface area (Å²) in [5.74, 6) is -0.0600. The van der Waals surface area contributed by atoms with Gasteiger partial charge in [0.15, 0.2) is 11.4 Å². The molecule has 0 unspecified atom stereocenters. The molecule has 9 heteroatoms. The molecule has 1 saturated heterocycles. The first-order valence-electron chi connectivity index (χ1n) is 6.94. The lowest BCUT2D eigenvalue weighted by molar-refractivity contribution is -0.139. The maximum Gasteiger partial charge on any atom is 0.325 e. The Balaban J connectivity index is 2.43. The molecular weight excluding hydrogens is 322 g/mol. The van der Waals surface area contributed by atoms with E-state index >= 15 is 0 Å². The largest absolute Gasteiger partial charge is 0.468 e. The second-order valence-corrected chi connectivity index (χ2v) is 5.61. The van der Waals surface area contributed by atoms with Crippen LogP contribution >= 0.6 is 11.8 Å². The van der Waals surface area contributed by atoms with E-state index in [-0.39, 0.29) is 18.7 Å². The third-order valence-electron chi connectivity index (χ3n) is 3.59. The Hall–Kier alpha value is -1.71. The number of rotatable bonds is 7. The molecule has 1 aromatic heterocycles. The maximum absolute atomic E-state index is 11.8. The SMILES string of the molecule is COC(=O)CN(c1nc(SC)ncc1C=O)[C@@H]1COC[C@H]1OC. The molecule has 8 nitrogen and oxygen atoms in total. The van der Waals surface area contributed by atoms with Gasteiger partial charge in [0.1, 0.15) is 18.5 Å². The van der Waals surface area contributed by atoms with Crippen LogP contribution in [0, 0.1) is 0 Å². The molecule has 0 aliphatic carbocycles. The molecule has 0 amide bonds. The van der Waals surface area contributed by atoms with E-state index in [9.17, 15) is 9.59 Å². The molecule has 1 fully saturated rings. The van der Waals surface area contributed by atoms with Gasteiger partial charge in [-0.2, -0.15) is 0 Å². The summed E-state index contributed by atoms with van der Waals surface area (Å²) in [7, 11) is 2.89. The van der Waals surface area contributed by atoms with Crippen molar-refractivity contribution >= 4 is 29.8 Å². The number of nitrogens with zero attached hydrogens (tertiary/aromatic N) is 3. The van der Waals surface area contributed by atoms with E-state index in [1.807, 2.05) is 6.26 Å². The fourth-order valence-corrected chi connectivity index (χ4v) is 2.71. The maximum atomic E-state index is 11.8. The summed E-state index contributed by atoms with van der Waals surface area (Å²) in [5.41, 5.74) is 0.299. The first kappa shape index (κ1) is 17.6. The minimum atomic E-state index is -0.437. The highest BCUT2D eigenvalue weighted by molar-refractivity contribution is 7.98. The molecule has 2 atom stereocenters. The van der Waals surface area contributed by atoms with E-state index in [1.54, 1.807) is 12.0 Å². The van der Waals surface area contributed by atoms with E-state index < -0.39 is 5.97 Å². The lowest BCUT2D eigenvalue weighted by Gasteiger charge is -2.31. The lowest BCUT2D eigenvalue weighted by Crippen LogP contribution is -2.47. The summed E-state index contributed by atoms with van der Waals surface area (Å²) >= 11 is 1.35. The van der Waals surface area contributed by atoms with Crippen LogP contribution in [0.5, 0.6) is 0 Å². The van der Waals surface area contributed by atoms with Crippen molar-refractivity contribution in [1.82, 2.24) is 9.97 Å². The standard InChI is InChI=1S/C14H19N3O5S/c1-20-11-8-22-7-10(11)17(5-12(19)21-2)13-9(6-18)4-15-14(16-13)23-3/h4,6,10-11H,5,7-8H2,1-3H3/t10-,11-/m1/s1. The van der Waals surface area contributed by atoms with Gasteiger partial charge in [-0.25, -0.2) is 9.97 Å². The molecule has 0 aromatic carbocycles. The first-order chi connectivity index (χ1) is 11.1. The average molecular weight is 341 g/mol. The normalized spacial score (nSPS) is 20.3. The Morgan fingerprint density at radius 2 is 2.30 bits per heavy atom. The van der Waals surface area contributed by atoms with Crippen LogP contribution in [0.1, 0.15) is 10.4 Å². The minimum Gasteiger partial charge on any atom is -0.468 e. The second kappa shape index (κ2) is 8.23. The lowest BCUT2D eigenvalue weighted by atomic mass is 10.1. The Bertz CT molecular complexity index is 571. The molecule has 2 heterocycles. The van der Waals surface area contributed by atoms with Crippen LogP contribution in [0.4, 0.5) is 5.82 Å². The molecule has 2 rings (SSSR count). The van der Waals surface area contributed by atoms with Crippen LogP contribution in [0.15, 0.2) is 11.4 Å². The van der Waals surface area contributed by atoms with Gasteiger partial charge in [0, 0.05) is 13.3 Å². The number of anilines is 1. The number of aromatic nitrogens is 2. The van der Waals surface area contributed by atoms with Gasteiger partial charge in [0.05, 0.1) is 31.9 Å². The zero-order chi connectivity index (χ0) is 16.8. The van der Waals surface area contributed by atoms with Crippen molar-refractivity contribution < 1.29 is 23.8 Å². The van der Waals surface area contributed by atoms with E-state index in [0.717, 1.165) is 0 Å². The van der Waals surface area contributed by atoms with Gasteiger partial charge < -0.3 is 19.1 Å². The van der Waals surface area contributed by atoms with Crippen LogP contribution in [0.25, 0.3) is 0 Å². The van der Waals surface area contributed by atoms with Crippen molar-refractivity contribution in [3.8, 4) is 0 Å². The first-order valence-corrected chi connectivity index (χ1v) is 8.17. The monoisotopic (exact) mass is 341 g/mol. The summed E-state index contributed by atoms with van der Waals surface area (Å²) in [6.45, 7) is 0.720. The van der Waals surface area contributed by atoms with Gasteiger partial charge in [-0.05, 0) is 6.26 Å². The summed E-state index contributed by atoms with van der Waals surface area (Å²) in [4.78, 5) is 33.4. The van der Waals surface area contributed by atoms with Crippen LogP contribution < -0.4 is 4.90 Å². The van der Waals surface area contributed by atoms with Crippen molar-refractivity contribution in [2.75, 3.05) is 45.1 Å². The Kier molecular flexibility index (Phi) is 6.31. The number of esters is 1. The molecule has 1 aliphatic rings. The molecule has 0 radical (unpaired) electrons. The van der Waals surface area contributed by atoms with E-state index in [2.05, 4.69) is 9.97 Å². The fourth-order valence-electron chi connectivity index (χ4n) is 2.37. The smallest absolute Gasteiger partial charge is 0.325 e. The van der Waals surface area contributed by atoms with Gasteiger partial charge in [0.2, 0.25) is 0 Å². The number of carbonyl (C=O) groups is 2.